The van der Waals surface area contributed by atoms with Gasteiger partial charge in [0.05, 0.1) is 16.9 Å². The Morgan fingerprint density at radius 2 is 2.21 bits per heavy atom. The highest BCUT2D eigenvalue weighted by Gasteiger charge is 2.18. The number of hydrogen-bond donors (Lipinski definition) is 1. The van der Waals surface area contributed by atoms with Gasteiger partial charge >= 0.3 is 0 Å². The fourth-order valence-corrected chi connectivity index (χ4v) is 2.91. The second kappa shape index (κ2) is 6.41. The van der Waals surface area contributed by atoms with Gasteiger partial charge in [-0.3, -0.25) is 4.68 Å². The van der Waals surface area contributed by atoms with Gasteiger partial charge in [-0.05, 0) is 19.1 Å². The van der Waals surface area contributed by atoms with Gasteiger partial charge in [-0.1, -0.05) is 23.7 Å². The lowest BCUT2D eigenvalue weighted by atomic mass is 10.3. The molecule has 1 atom stereocenters. The number of rotatable bonds is 5. The SMILES string of the molecule is CCn1ncc(Cl)c1C(O)CSc1ccccc1F. The summed E-state index contributed by atoms with van der Waals surface area (Å²) in [5.74, 6) is 0.0431. The summed E-state index contributed by atoms with van der Waals surface area (Å²) in [7, 11) is 0. The summed E-state index contributed by atoms with van der Waals surface area (Å²) in [5.41, 5.74) is 0.577. The van der Waals surface area contributed by atoms with Crippen LogP contribution in [0.2, 0.25) is 5.02 Å². The normalized spacial score (nSPS) is 12.6. The van der Waals surface area contributed by atoms with Crippen molar-refractivity contribution in [3.05, 3.63) is 47.0 Å². The molecule has 1 aromatic heterocycles. The highest BCUT2D eigenvalue weighted by atomic mass is 35.5. The molecule has 1 aromatic carbocycles. The molecule has 0 aliphatic rings. The van der Waals surface area contributed by atoms with Gasteiger partial charge in [0.25, 0.3) is 0 Å². The number of halogens is 2. The molecule has 6 heteroatoms. The molecule has 0 bridgehead atoms. The Balaban J connectivity index is 2.07. The van der Waals surface area contributed by atoms with E-state index in [1.807, 2.05) is 6.92 Å². The van der Waals surface area contributed by atoms with Crippen LogP contribution in [0.1, 0.15) is 18.7 Å². The number of aliphatic hydroxyl groups is 1. The van der Waals surface area contributed by atoms with Gasteiger partial charge in [0, 0.05) is 17.2 Å². The summed E-state index contributed by atoms with van der Waals surface area (Å²) in [4.78, 5) is 0.514. The molecule has 0 spiro atoms. The predicted octanol–water partition coefficient (Wildman–Crippen LogP) is 3.52. The number of aromatic nitrogens is 2. The quantitative estimate of drug-likeness (QED) is 0.859. The largest absolute Gasteiger partial charge is 0.386 e. The molecule has 0 aliphatic heterocycles. The molecule has 1 N–H and O–H groups in total. The molecular formula is C13H14ClFN2OS. The van der Waals surface area contributed by atoms with Crippen LogP contribution in [0.15, 0.2) is 35.4 Å². The van der Waals surface area contributed by atoms with Crippen molar-refractivity contribution in [1.82, 2.24) is 9.78 Å². The van der Waals surface area contributed by atoms with Gasteiger partial charge < -0.3 is 5.11 Å². The average molecular weight is 301 g/mol. The maximum absolute atomic E-state index is 13.5. The van der Waals surface area contributed by atoms with Crippen LogP contribution in [0.25, 0.3) is 0 Å². The first-order valence-electron chi connectivity index (χ1n) is 5.90. The highest BCUT2D eigenvalue weighted by molar-refractivity contribution is 7.99. The van der Waals surface area contributed by atoms with Gasteiger partial charge in [0.15, 0.2) is 0 Å². The Morgan fingerprint density at radius 3 is 2.89 bits per heavy atom. The van der Waals surface area contributed by atoms with Crippen LogP contribution in [0.5, 0.6) is 0 Å². The van der Waals surface area contributed by atoms with Gasteiger partial charge in [-0.15, -0.1) is 11.8 Å². The third kappa shape index (κ3) is 3.29. The van der Waals surface area contributed by atoms with Crippen molar-refractivity contribution >= 4 is 23.4 Å². The second-order valence-corrected chi connectivity index (χ2v) is 5.42. The summed E-state index contributed by atoms with van der Waals surface area (Å²) < 4.78 is 15.1. The standard InChI is InChI=1S/C13H14ClFN2OS/c1-2-17-13(9(14)7-16-17)11(18)8-19-12-6-4-3-5-10(12)15/h3-7,11,18H,2,8H2,1H3. The zero-order chi connectivity index (χ0) is 13.8. The van der Waals surface area contributed by atoms with Crippen LogP contribution < -0.4 is 0 Å². The number of benzene rings is 1. The number of aliphatic hydroxyl groups excluding tert-OH is 1. The number of nitrogens with zero attached hydrogens (tertiary/aromatic N) is 2. The minimum absolute atomic E-state index is 0.283. The van der Waals surface area contributed by atoms with E-state index >= 15 is 0 Å². The molecule has 0 radical (unpaired) electrons. The van der Waals surface area contributed by atoms with E-state index in [1.165, 1.54) is 24.0 Å². The first-order chi connectivity index (χ1) is 9.13. The Hall–Kier alpha value is -1.04. The smallest absolute Gasteiger partial charge is 0.136 e. The van der Waals surface area contributed by atoms with E-state index in [0.717, 1.165) is 0 Å². The maximum atomic E-state index is 13.5. The molecule has 0 fully saturated rings. The topological polar surface area (TPSA) is 38.0 Å². The molecule has 2 rings (SSSR count). The maximum Gasteiger partial charge on any atom is 0.136 e. The summed E-state index contributed by atoms with van der Waals surface area (Å²) >= 11 is 7.26. The zero-order valence-corrected chi connectivity index (χ0v) is 12.0. The number of thioether (sulfide) groups is 1. The van der Waals surface area contributed by atoms with Gasteiger partial charge in [-0.2, -0.15) is 5.10 Å². The van der Waals surface area contributed by atoms with Crippen LogP contribution >= 0.6 is 23.4 Å². The van der Waals surface area contributed by atoms with Crippen molar-refractivity contribution in [3.63, 3.8) is 0 Å². The van der Waals surface area contributed by atoms with Crippen molar-refractivity contribution in [3.8, 4) is 0 Å². The molecule has 3 nitrogen and oxygen atoms in total. The van der Waals surface area contributed by atoms with Crippen molar-refractivity contribution in [2.75, 3.05) is 5.75 Å². The minimum atomic E-state index is -0.778. The summed E-state index contributed by atoms with van der Waals surface area (Å²) in [6, 6.07) is 6.49. The molecule has 2 aromatic rings. The molecule has 1 heterocycles. The van der Waals surface area contributed by atoms with Gasteiger partial charge in [-0.25, -0.2) is 4.39 Å². The first-order valence-corrected chi connectivity index (χ1v) is 7.26. The Morgan fingerprint density at radius 1 is 1.47 bits per heavy atom. The fourth-order valence-electron chi connectivity index (χ4n) is 1.76. The Kier molecular flexibility index (Phi) is 4.85. The van der Waals surface area contributed by atoms with Crippen LogP contribution in [0, 0.1) is 5.82 Å². The van der Waals surface area contributed by atoms with E-state index in [4.69, 9.17) is 11.6 Å². The molecule has 0 aliphatic carbocycles. The van der Waals surface area contributed by atoms with E-state index in [0.29, 0.717) is 27.9 Å². The van der Waals surface area contributed by atoms with Crippen LogP contribution in [0.4, 0.5) is 4.39 Å². The minimum Gasteiger partial charge on any atom is -0.386 e. The molecule has 19 heavy (non-hydrogen) atoms. The first kappa shape index (κ1) is 14.4. The second-order valence-electron chi connectivity index (χ2n) is 3.95. The lowest BCUT2D eigenvalue weighted by Crippen LogP contribution is -2.10. The molecule has 102 valence electrons. The van der Waals surface area contributed by atoms with Gasteiger partial charge in [0.1, 0.15) is 11.9 Å². The molecule has 0 saturated carbocycles. The lowest BCUT2D eigenvalue weighted by molar-refractivity contribution is 0.192. The van der Waals surface area contributed by atoms with Crippen LogP contribution in [0.3, 0.4) is 0 Å². The van der Waals surface area contributed by atoms with Crippen molar-refractivity contribution in [2.45, 2.75) is 24.5 Å². The van der Waals surface area contributed by atoms with Gasteiger partial charge in [0.2, 0.25) is 0 Å². The van der Waals surface area contributed by atoms with Crippen molar-refractivity contribution < 1.29 is 9.50 Å². The van der Waals surface area contributed by atoms with E-state index < -0.39 is 6.10 Å². The number of hydrogen-bond acceptors (Lipinski definition) is 3. The molecule has 0 amide bonds. The average Bonchev–Trinajstić information content (AvgIpc) is 2.78. The third-order valence-electron chi connectivity index (χ3n) is 2.68. The van der Waals surface area contributed by atoms with E-state index in [1.54, 1.807) is 22.9 Å². The summed E-state index contributed by atoms with van der Waals surface area (Å²) in [5, 5.41) is 14.7. The van der Waals surface area contributed by atoms with Crippen molar-refractivity contribution in [1.29, 1.82) is 0 Å². The van der Waals surface area contributed by atoms with Crippen LogP contribution in [-0.2, 0) is 6.54 Å². The lowest BCUT2D eigenvalue weighted by Gasteiger charge is -2.13. The molecular weight excluding hydrogens is 287 g/mol. The highest BCUT2D eigenvalue weighted by Crippen LogP contribution is 2.29. The Bertz CT molecular complexity index is 561. The molecule has 0 saturated heterocycles. The monoisotopic (exact) mass is 300 g/mol. The van der Waals surface area contributed by atoms with E-state index in [-0.39, 0.29) is 5.82 Å². The molecule has 1 unspecified atom stereocenters. The van der Waals surface area contributed by atoms with E-state index in [2.05, 4.69) is 5.10 Å². The van der Waals surface area contributed by atoms with Crippen LogP contribution in [-0.4, -0.2) is 20.6 Å². The third-order valence-corrected chi connectivity index (χ3v) is 4.10. The Labute approximate surface area is 120 Å². The zero-order valence-electron chi connectivity index (χ0n) is 10.4. The summed E-state index contributed by atoms with van der Waals surface area (Å²) in [6.07, 6.45) is 0.733. The predicted molar refractivity (Wildman–Crippen MR) is 75.0 cm³/mol. The fraction of sp³-hybridized carbons (Fsp3) is 0.308. The summed E-state index contributed by atoms with van der Waals surface area (Å²) in [6.45, 7) is 2.55. The van der Waals surface area contributed by atoms with Crippen molar-refractivity contribution in [2.24, 2.45) is 0 Å². The van der Waals surface area contributed by atoms with E-state index in [9.17, 15) is 9.50 Å². The number of aryl methyl sites for hydroxylation is 1.